The maximum Gasteiger partial charge on any atom is 0.252 e. The van der Waals surface area contributed by atoms with Gasteiger partial charge in [-0.15, -0.1) is 0 Å². The quantitative estimate of drug-likeness (QED) is 0.373. The van der Waals surface area contributed by atoms with Crippen molar-refractivity contribution < 1.29 is 4.79 Å². The van der Waals surface area contributed by atoms with Crippen molar-refractivity contribution in [1.82, 2.24) is 10.6 Å². The minimum absolute atomic E-state index is 0.219. The molecule has 0 bridgehead atoms. The van der Waals surface area contributed by atoms with Crippen LogP contribution in [0.25, 0.3) is 0 Å². The number of halogens is 3. The van der Waals surface area contributed by atoms with Crippen molar-refractivity contribution in [2.45, 2.75) is 23.8 Å². The standard InChI is InChI=1S/C18H18Cl3N3OS/c1-11-6-8-13(9-7-11)15(25)23-16(18(19,20)21)24-17(26)22-14-5-3-4-12(2)10-14/h3-10,16H,1-2H3,(H,23,25)(H2,22,24,26)/t16-/m0/s1. The Morgan fingerprint density at radius 1 is 1.00 bits per heavy atom. The fourth-order valence-electron chi connectivity index (χ4n) is 2.14. The monoisotopic (exact) mass is 429 g/mol. The van der Waals surface area contributed by atoms with Crippen molar-refractivity contribution in [2.75, 3.05) is 5.32 Å². The molecule has 1 atom stereocenters. The second-order valence-electron chi connectivity index (χ2n) is 5.78. The van der Waals surface area contributed by atoms with E-state index < -0.39 is 9.96 Å². The Balaban J connectivity index is 2.06. The van der Waals surface area contributed by atoms with Crippen LogP contribution < -0.4 is 16.0 Å². The summed E-state index contributed by atoms with van der Waals surface area (Å²) in [5.74, 6) is -0.382. The van der Waals surface area contributed by atoms with Crippen LogP contribution in [0.4, 0.5) is 5.69 Å². The zero-order valence-electron chi connectivity index (χ0n) is 14.1. The van der Waals surface area contributed by atoms with Gasteiger partial charge in [-0.3, -0.25) is 4.79 Å². The molecule has 138 valence electrons. The molecular weight excluding hydrogens is 413 g/mol. The van der Waals surface area contributed by atoms with Crippen molar-refractivity contribution in [3.05, 3.63) is 65.2 Å². The molecule has 0 radical (unpaired) electrons. The van der Waals surface area contributed by atoms with Gasteiger partial charge in [0.25, 0.3) is 5.91 Å². The van der Waals surface area contributed by atoms with Crippen LogP contribution in [0, 0.1) is 13.8 Å². The van der Waals surface area contributed by atoms with Gasteiger partial charge in [-0.25, -0.2) is 0 Å². The Labute approximate surface area is 173 Å². The first-order chi connectivity index (χ1) is 12.1. The zero-order chi connectivity index (χ0) is 19.3. The number of hydrogen-bond donors (Lipinski definition) is 3. The van der Waals surface area contributed by atoms with E-state index in [4.69, 9.17) is 47.0 Å². The highest BCUT2D eigenvalue weighted by atomic mass is 35.6. The number of aryl methyl sites for hydroxylation is 2. The molecule has 0 aliphatic carbocycles. The maximum absolute atomic E-state index is 12.4. The van der Waals surface area contributed by atoms with Gasteiger partial charge in [-0.05, 0) is 55.9 Å². The van der Waals surface area contributed by atoms with Gasteiger partial charge >= 0.3 is 0 Å². The van der Waals surface area contributed by atoms with E-state index in [0.29, 0.717) is 5.56 Å². The first-order valence-electron chi connectivity index (χ1n) is 7.73. The fourth-order valence-corrected chi connectivity index (χ4v) is 2.70. The van der Waals surface area contributed by atoms with Gasteiger partial charge in [0.15, 0.2) is 5.11 Å². The highest BCUT2D eigenvalue weighted by Gasteiger charge is 2.34. The predicted octanol–water partition coefficient (Wildman–Crippen LogP) is 4.72. The van der Waals surface area contributed by atoms with Crippen molar-refractivity contribution in [2.24, 2.45) is 0 Å². The number of hydrogen-bond acceptors (Lipinski definition) is 2. The first-order valence-corrected chi connectivity index (χ1v) is 9.28. The Hall–Kier alpha value is -1.53. The van der Waals surface area contributed by atoms with Gasteiger partial charge in [0.1, 0.15) is 6.17 Å². The van der Waals surface area contributed by atoms with Gasteiger partial charge in [-0.2, -0.15) is 0 Å². The minimum atomic E-state index is -1.81. The van der Waals surface area contributed by atoms with E-state index in [1.165, 1.54) is 0 Å². The average Bonchev–Trinajstić information content (AvgIpc) is 2.53. The van der Waals surface area contributed by atoms with Crippen molar-refractivity contribution in [1.29, 1.82) is 0 Å². The van der Waals surface area contributed by atoms with E-state index in [0.717, 1.165) is 16.8 Å². The van der Waals surface area contributed by atoms with E-state index in [1.54, 1.807) is 12.1 Å². The molecule has 2 rings (SSSR count). The van der Waals surface area contributed by atoms with E-state index in [1.807, 2.05) is 50.2 Å². The highest BCUT2D eigenvalue weighted by Crippen LogP contribution is 2.29. The topological polar surface area (TPSA) is 53.2 Å². The lowest BCUT2D eigenvalue weighted by atomic mass is 10.1. The summed E-state index contributed by atoms with van der Waals surface area (Å²) in [6.45, 7) is 3.90. The average molecular weight is 431 g/mol. The third-order valence-corrected chi connectivity index (χ3v) is 4.34. The summed E-state index contributed by atoms with van der Waals surface area (Å²) in [6, 6.07) is 14.7. The molecular formula is C18H18Cl3N3OS. The van der Waals surface area contributed by atoms with Crippen LogP contribution in [0.1, 0.15) is 21.5 Å². The van der Waals surface area contributed by atoms with Crippen LogP contribution in [0.2, 0.25) is 0 Å². The molecule has 0 heterocycles. The van der Waals surface area contributed by atoms with Gasteiger partial charge in [0, 0.05) is 11.3 Å². The molecule has 4 nitrogen and oxygen atoms in total. The number of carbonyl (C=O) groups is 1. The number of alkyl halides is 3. The summed E-state index contributed by atoms with van der Waals surface area (Å²) < 4.78 is -1.81. The molecule has 0 unspecified atom stereocenters. The predicted molar refractivity (Wildman–Crippen MR) is 113 cm³/mol. The lowest BCUT2D eigenvalue weighted by molar-refractivity contribution is 0.0934. The SMILES string of the molecule is Cc1ccc(C(=O)N[C@@H](NC(=S)Nc2cccc(C)c2)C(Cl)(Cl)Cl)cc1. The number of rotatable bonds is 4. The van der Waals surface area contributed by atoms with Crippen LogP contribution in [-0.2, 0) is 0 Å². The van der Waals surface area contributed by atoms with E-state index in [9.17, 15) is 4.79 Å². The Morgan fingerprint density at radius 2 is 1.65 bits per heavy atom. The van der Waals surface area contributed by atoms with E-state index in [2.05, 4.69) is 16.0 Å². The van der Waals surface area contributed by atoms with Gasteiger partial charge < -0.3 is 16.0 Å². The number of nitrogens with one attached hydrogen (secondary N) is 3. The number of carbonyl (C=O) groups excluding carboxylic acids is 1. The van der Waals surface area contributed by atoms with Gasteiger partial charge in [0.2, 0.25) is 3.79 Å². The molecule has 2 aromatic rings. The molecule has 2 aromatic carbocycles. The van der Waals surface area contributed by atoms with Crippen molar-refractivity contribution in [3.63, 3.8) is 0 Å². The number of thiocarbonyl (C=S) groups is 1. The van der Waals surface area contributed by atoms with Crippen LogP contribution in [0.5, 0.6) is 0 Å². The molecule has 0 aliphatic heterocycles. The third-order valence-electron chi connectivity index (χ3n) is 3.47. The smallest absolute Gasteiger partial charge is 0.252 e. The number of anilines is 1. The molecule has 0 fully saturated rings. The zero-order valence-corrected chi connectivity index (χ0v) is 17.2. The van der Waals surface area contributed by atoms with Crippen LogP contribution in [0.15, 0.2) is 48.5 Å². The normalized spacial score (nSPS) is 12.2. The summed E-state index contributed by atoms with van der Waals surface area (Å²) >= 11 is 23.2. The Kier molecular flexibility index (Phi) is 7.12. The molecule has 26 heavy (non-hydrogen) atoms. The lowest BCUT2D eigenvalue weighted by Gasteiger charge is -2.27. The molecule has 0 saturated carbocycles. The minimum Gasteiger partial charge on any atom is -0.339 e. The molecule has 0 aromatic heterocycles. The summed E-state index contributed by atoms with van der Waals surface area (Å²) in [6.07, 6.45) is -1.02. The molecule has 8 heteroatoms. The molecule has 0 saturated heterocycles. The third kappa shape index (κ3) is 6.32. The molecule has 0 aliphatic rings. The summed E-state index contributed by atoms with van der Waals surface area (Å²) in [5.41, 5.74) is 3.36. The van der Waals surface area contributed by atoms with Crippen LogP contribution >= 0.6 is 47.0 Å². The van der Waals surface area contributed by atoms with Gasteiger partial charge in [-0.1, -0.05) is 64.6 Å². The summed E-state index contributed by atoms with van der Waals surface area (Å²) in [5, 5.41) is 8.69. The van der Waals surface area contributed by atoms with Crippen molar-refractivity contribution in [3.8, 4) is 0 Å². The largest absolute Gasteiger partial charge is 0.339 e. The fraction of sp³-hybridized carbons (Fsp3) is 0.222. The van der Waals surface area contributed by atoms with Gasteiger partial charge in [0.05, 0.1) is 0 Å². The Bertz CT molecular complexity index is 791. The van der Waals surface area contributed by atoms with Crippen LogP contribution in [-0.4, -0.2) is 21.0 Å². The van der Waals surface area contributed by atoms with E-state index >= 15 is 0 Å². The second-order valence-corrected chi connectivity index (χ2v) is 8.56. The maximum atomic E-state index is 12.4. The number of amides is 1. The lowest BCUT2D eigenvalue weighted by Crippen LogP contribution is -2.56. The second kappa shape index (κ2) is 8.91. The van der Waals surface area contributed by atoms with E-state index in [-0.39, 0.29) is 11.0 Å². The number of benzene rings is 2. The van der Waals surface area contributed by atoms with Crippen molar-refractivity contribution >= 4 is 63.7 Å². The molecule has 1 amide bonds. The molecule has 3 N–H and O–H groups in total. The highest BCUT2D eigenvalue weighted by molar-refractivity contribution is 7.80. The van der Waals surface area contributed by atoms with Crippen LogP contribution in [0.3, 0.4) is 0 Å². The first kappa shape index (κ1) is 20.8. The molecule has 0 spiro atoms. The summed E-state index contributed by atoms with van der Waals surface area (Å²) in [7, 11) is 0. The summed E-state index contributed by atoms with van der Waals surface area (Å²) in [4.78, 5) is 12.4. The Morgan fingerprint density at radius 3 is 2.23 bits per heavy atom.